The van der Waals surface area contributed by atoms with Gasteiger partial charge in [0, 0.05) is 36.0 Å². The van der Waals surface area contributed by atoms with E-state index < -0.39 is 0 Å². The predicted molar refractivity (Wildman–Crippen MR) is 101 cm³/mol. The van der Waals surface area contributed by atoms with Gasteiger partial charge in [-0.05, 0) is 55.0 Å². The number of amides is 1. The third-order valence-electron chi connectivity index (χ3n) is 3.80. The molecule has 0 aliphatic heterocycles. The van der Waals surface area contributed by atoms with Crippen LogP contribution in [0, 0.1) is 13.8 Å². The second-order valence-corrected chi connectivity index (χ2v) is 6.26. The first-order chi connectivity index (χ1) is 10.5. The molecule has 1 N–H and O–H groups in total. The summed E-state index contributed by atoms with van der Waals surface area (Å²) in [6, 6.07) is 10.0. The molecule has 6 heteroatoms. The van der Waals surface area contributed by atoms with Crippen molar-refractivity contribution in [1.29, 1.82) is 0 Å². The Morgan fingerprint density at radius 2 is 1.96 bits per heavy atom. The summed E-state index contributed by atoms with van der Waals surface area (Å²) >= 11 is 3.59. The number of aromatic nitrogens is 1. The molecule has 1 heterocycles. The van der Waals surface area contributed by atoms with Gasteiger partial charge in [-0.1, -0.05) is 12.1 Å². The highest BCUT2D eigenvalue weighted by Crippen LogP contribution is 2.27. The minimum atomic E-state index is 0. The summed E-state index contributed by atoms with van der Waals surface area (Å²) in [7, 11) is 3.72. The van der Waals surface area contributed by atoms with E-state index in [4.69, 9.17) is 0 Å². The highest BCUT2D eigenvalue weighted by Gasteiger charge is 2.20. The van der Waals surface area contributed by atoms with Gasteiger partial charge in [0.15, 0.2) is 0 Å². The Morgan fingerprint density at radius 3 is 2.57 bits per heavy atom. The number of nitrogens with zero attached hydrogens (tertiary/aromatic N) is 2. The average Bonchev–Trinajstić information content (AvgIpc) is 2.79. The van der Waals surface area contributed by atoms with Crippen LogP contribution in [0.1, 0.15) is 21.7 Å². The number of carbonyl (C=O) groups is 1. The van der Waals surface area contributed by atoms with Crippen molar-refractivity contribution in [3.05, 3.63) is 51.8 Å². The molecule has 0 aliphatic carbocycles. The van der Waals surface area contributed by atoms with E-state index in [1.165, 1.54) is 0 Å². The monoisotopic (exact) mass is 399 g/mol. The minimum Gasteiger partial charge on any atom is -0.340 e. The number of likely N-dealkylation sites (N-methyl/N-ethyl adjacent to an activating group) is 2. The Bertz CT molecular complexity index is 684. The van der Waals surface area contributed by atoms with Crippen molar-refractivity contribution in [2.75, 3.05) is 27.2 Å². The molecule has 4 nitrogen and oxygen atoms in total. The minimum absolute atomic E-state index is 0. The van der Waals surface area contributed by atoms with Crippen LogP contribution in [0.2, 0.25) is 0 Å². The van der Waals surface area contributed by atoms with Gasteiger partial charge in [-0.25, -0.2) is 0 Å². The molecular weight excluding hydrogens is 378 g/mol. The molecule has 2 rings (SSSR count). The average molecular weight is 401 g/mol. The SMILES string of the molecule is CNCCN(C)C(=O)c1cc(C)n(-c2ccccc2Br)c1C.Cl. The molecule has 0 saturated carbocycles. The van der Waals surface area contributed by atoms with E-state index in [1.807, 2.05) is 58.3 Å². The zero-order valence-electron chi connectivity index (χ0n) is 13.9. The number of hydrogen-bond donors (Lipinski definition) is 1. The molecule has 2 aromatic rings. The van der Waals surface area contributed by atoms with Crippen molar-refractivity contribution in [2.45, 2.75) is 13.8 Å². The number of benzene rings is 1. The van der Waals surface area contributed by atoms with E-state index in [0.717, 1.165) is 33.7 Å². The first-order valence-electron chi connectivity index (χ1n) is 7.31. The molecule has 23 heavy (non-hydrogen) atoms. The first-order valence-corrected chi connectivity index (χ1v) is 8.10. The Hall–Kier alpha value is -1.30. The molecule has 0 bridgehead atoms. The van der Waals surface area contributed by atoms with Gasteiger partial charge in [0.05, 0.1) is 11.3 Å². The highest BCUT2D eigenvalue weighted by atomic mass is 79.9. The highest BCUT2D eigenvalue weighted by molar-refractivity contribution is 9.10. The van der Waals surface area contributed by atoms with E-state index in [-0.39, 0.29) is 18.3 Å². The van der Waals surface area contributed by atoms with Crippen LogP contribution in [0.15, 0.2) is 34.8 Å². The summed E-state index contributed by atoms with van der Waals surface area (Å²) in [6.45, 7) is 5.49. The fourth-order valence-corrected chi connectivity index (χ4v) is 3.03. The molecule has 0 atom stereocenters. The third kappa shape index (κ3) is 4.16. The molecule has 0 saturated heterocycles. The lowest BCUT2D eigenvalue weighted by atomic mass is 10.2. The summed E-state index contributed by atoms with van der Waals surface area (Å²) in [5, 5.41) is 3.06. The number of hydrogen-bond acceptors (Lipinski definition) is 2. The molecule has 0 spiro atoms. The van der Waals surface area contributed by atoms with Crippen LogP contribution in [0.3, 0.4) is 0 Å². The molecule has 1 aromatic carbocycles. The van der Waals surface area contributed by atoms with Crippen molar-refractivity contribution in [3.8, 4) is 5.69 Å². The molecule has 0 radical (unpaired) electrons. The molecule has 1 amide bonds. The number of para-hydroxylation sites is 1. The number of rotatable bonds is 5. The van der Waals surface area contributed by atoms with Crippen LogP contribution >= 0.6 is 28.3 Å². The van der Waals surface area contributed by atoms with E-state index in [1.54, 1.807) is 4.90 Å². The van der Waals surface area contributed by atoms with Gasteiger partial charge in [-0.3, -0.25) is 4.79 Å². The molecular formula is C17H23BrClN3O. The zero-order chi connectivity index (χ0) is 16.3. The predicted octanol–water partition coefficient (Wildman–Crippen LogP) is 3.57. The fourth-order valence-electron chi connectivity index (χ4n) is 2.57. The van der Waals surface area contributed by atoms with Crippen molar-refractivity contribution >= 4 is 34.2 Å². The van der Waals surface area contributed by atoms with Gasteiger partial charge in [0.2, 0.25) is 0 Å². The van der Waals surface area contributed by atoms with Gasteiger partial charge >= 0.3 is 0 Å². The topological polar surface area (TPSA) is 37.3 Å². The lowest BCUT2D eigenvalue weighted by Crippen LogP contribution is -2.33. The smallest absolute Gasteiger partial charge is 0.255 e. The van der Waals surface area contributed by atoms with Crippen LogP contribution in [-0.4, -0.2) is 42.6 Å². The van der Waals surface area contributed by atoms with Crippen molar-refractivity contribution in [1.82, 2.24) is 14.8 Å². The molecule has 1 aromatic heterocycles. The second-order valence-electron chi connectivity index (χ2n) is 5.40. The van der Waals surface area contributed by atoms with Crippen molar-refractivity contribution in [2.24, 2.45) is 0 Å². The maximum Gasteiger partial charge on any atom is 0.255 e. The third-order valence-corrected chi connectivity index (χ3v) is 4.47. The van der Waals surface area contributed by atoms with Crippen molar-refractivity contribution < 1.29 is 4.79 Å². The molecule has 0 aliphatic rings. The molecule has 0 fully saturated rings. The van der Waals surface area contributed by atoms with Crippen LogP contribution in [0.4, 0.5) is 0 Å². The standard InChI is InChI=1S/C17H22BrN3O.ClH/c1-12-11-14(17(22)20(4)10-9-19-3)13(2)21(12)16-8-6-5-7-15(16)18;/h5-8,11,19H,9-10H2,1-4H3;1H. The Balaban J connectivity index is 0.00000264. The first kappa shape index (κ1) is 19.7. The van der Waals surface area contributed by atoms with Crippen LogP contribution in [-0.2, 0) is 0 Å². The zero-order valence-corrected chi connectivity index (χ0v) is 16.3. The summed E-state index contributed by atoms with van der Waals surface area (Å²) in [4.78, 5) is 14.4. The van der Waals surface area contributed by atoms with Gasteiger partial charge in [-0.2, -0.15) is 0 Å². The Labute approximate surface area is 152 Å². The van der Waals surface area contributed by atoms with Crippen LogP contribution in [0.5, 0.6) is 0 Å². The van der Waals surface area contributed by atoms with E-state index in [0.29, 0.717) is 6.54 Å². The maximum absolute atomic E-state index is 12.6. The summed E-state index contributed by atoms with van der Waals surface area (Å²) in [6.07, 6.45) is 0. The number of aryl methyl sites for hydroxylation is 1. The largest absolute Gasteiger partial charge is 0.340 e. The van der Waals surface area contributed by atoms with Crippen LogP contribution in [0.25, 0.3) is 5.69 Å². The number of carbonyl (C=O) groups excluding carboxylic acids is 1. The number of nitrogens with one attached hydrogen (secondary N) is 1. The van der Waals surface area contributed by atoms with Crippen LogP contribution < -0.4 is 5.32 Å². The summed E-state index contributed by atoms with van der Waals surface area (Å²) in [5.74, 6) is 0.0571. The normalized spacial score (nSPS) is 10.3. The van der Waals surface area contributed by atoms with Gasteiger partial charge < -0.3 is 14.8 Å². The molecule has 0 unspecified atom stereocenters. The van der Waals surface area contributed by atoms with Gasteiger partial charge in [-0.15, -0.1) is 12.4 Å². The van der Waals surface area contributed by atoms with E-state index >= 15 is 0 Å². The Kier molecular flexibility index (Phi) is 7.32. The summed E-state index contributed by atoms with van der Waals surface area (Å²) < 4.78 is 3.13. The molecule has 126 valence electrons. The fraction of sp³-hybridized carbons (Fsp3) is 0.353. The van der Waals surface area contributed by atoms with Gasteiger partial charge in [0.25, 0.3) is 5.91 Å². The lowest BCUT2D eigenvalue weighted by Gasteiger charge is -2.17. The van der Waals surface area contributed by atoms with E-state index in [2.05, 4.69) is 25.8 Å². The van der Waals surface area contributed by atoms with Gasteiger partial charge in [0.1, 0.15) is 0 Å². The quantitative estimate of drug-likeness (QED) is 0.833. The summed E-state index contributed by atoms with van der Waals surface area (Å²) in [5.41, 5.74) is 3.82. The maximum atomic E-state index is 12.6. The van der Waals surface area contributed by atoms with E-state index in [9.17, 15) is 4.79 Å². The lowest BCUT2D eigenvalue weighted by molar-refractivity contribution is 0.0796. The van der Waals surface area contributed by atoms with Crippen molar-refractivity contribution in [3.63, 3.8) is 0 Å². The Morgan fingerprint density at radius 1 is 1.30 bits per heavy atom. The number of halogens is 2. The second kappa shape index (κ2) is 8.52.